The average molecular weight is 285 g/mol. The zero-order chi connectivity index (χ0) is 14.6. The first-order chi connectivity index (χ1) is 8.67. The van der Waals surface area contributed by atoms with Gasteiger partial charge in [-0.05, 0) is 12.8 Å². The van der Waals surface area contributed by atoms with E-state index in [2.05, 4.69) is 13.8 Å². The van der Waals surface area contributed by atoms with E-state index < -0.39 is 9.53 Å². The van der Waals surface area contributed by atoms with Crippen LogP contribution in [0.1, 0.15) is 26.7 Å². The molecule has 0 saturated carbocycles. The molecule has 0 heterocycles. The summed E-state index contributed by atoms with van der Waals surface area (Å²) in [5.41, 5.74) is 0. The summed E-state index contributed by atoms with van der Waals surface area (Å²) in [6.07, 6.45) is 2.28. The standard InChI is InChI=1S/C6H14O.C3H9O3Si.C2H6O2/c1-3-5-7-6-4-2;1-4-7(5-2)6-3;3-1-2-4/h3-6H2,1-2H3;1-3H3;3-4H,1-2H2. The van der Waals surface area contributed by atoms with Gasteiger partial charge in [0.15, 0.2) is 0 Å². The second-order valence-corrected chi connectivity index (χ2v) is 4.65. The molecule has 0 saturated heterocycles. The number of aliphatic hydroxyl groups excluding tert-OH is 2. The van der Waals surface area contributed by atoms with Gasteiger partial charge >= 0.3 is 9.53 Å². The SMILES string of the molecule is CCCOCCC.CO[Si](OC)OC.OCCO. The number of hydrogen-bond acceptors (Lipinski definition) is 6. The maximum Gasteiger partial charge on any atom is 0.576 e. The van der Waals surface area contributed by atoms with E-state index in [4.69, 9.17) is 28.2 Å². The first-order valence-electron chi connectivity index (χ1n) is 5.96. The normalized spacial score (nSPS) is 9.33. The van der Waals surface area contributed by atoms with Gasteiger partial charge < -0.3 is 28.2 Å². The van der Waals surface area contributed by atoms with Crippen molar-refractivity contribution in [1.29, 1.82) is 0 Å². The molecule has 6 nitrogen and oxygen atoms in total. The summed E-state index contributed by atoms with van der Waals surface area (Å²) in [5, 5.41) is 15.2. The zero-order valence-electron chi connectivity index (χ0n) is 12.3. The highest BCUT2D eigenvalue weighted by Gasteiger charge is 2.09. The summed E-state index contributed by atoms with van der Waals surface area (Å²) in [6.45, 7) is 5.84. The molecule has 0 fully saturated rings. The number of aliphatic hydroxyl groups is 2. The molecule has 0 atom stereocenters. The Morgan fingerprint density at radius 2 is 1.11 bits per heavy atom. The van der Waals surface area contributed by atoms with Crippen LogP contribution in [-0.2, 0) is 18.0 Å². The van der Waals surface area contributed by atoms with E-state index in [9.17, 15) is 0 Å². The van der Waals surface area contributed by atoms with Crippen LogP contribution in [0.25, 0.3) is 0 Å². The highest BCUT2D eigenvalue weighted by atomic mass is 28.3. The van der Waals surface area contributed by atoms with Crippen molar-refractivity contribution in [3.63, 3.8) is 0 Å². The Balaban J connectivity index is -0.000000196. The van der Waals surface area contributed by atoms with Crippen molar-refractivity contribution >= 4 is 9.53 Å². The van der Waals surface area contributed by atoms with Crippen LogP contribution in [0.2, 0.25) is 0 Å². The summed E-state index contributed by atoms with van der Waals surface area (Å²) < 4.78 is 19.2. The largest absolute Gasteiger partial charge is 0.576 e. The van der Waals surface area contributed by atoms with E-state index in [-0.39, 0.29) is 13.2 Å². The molecule has 0 aliphatic rings. The van der Waals surface area contributed by atoms with Crippen LogP contribution >= 0.6 is 0 Å². The molecule has 2 N–H and O–H groups in total. The molecule has 0 aliphatic heterocycles. The summed E-state index contributed by atoms with van der Waals surface area (Å²) in [4.78, 5) is 0. The summed E-state index contributed by atoms with van der Waals surface area (Å²) >= 11 is 0. The fourth-order valence-electron chi connectivity index (χ4n) is 0.641. The minimum Gasteiger partial charge on any atom is -0.394 e. The maximum atomic E-state index is 7.62. The van der Waals surface area contributed by atoms with Gasteiger partial charge in [0.05, 0.1) is 13.2 Å². The summed E-state index contributed by atoms with van der Waals surface area (Å²) in [6, 6.07) is 0. The van der Waals surface area contributed by atoms with Crippen LogP contribution in [-0.4, -0.2) is 67.5 Å². The molecule has 18 heavy (non-hydrogen) atoms. The van der Waals surface area contributed by atoms with E-state index in [1.54, 1.807) is 21.3 Å². The van der Waals surface area contributed by atoms with E-state index in [0.29, 0.717) is 0 Å². The minimum absolute atomic E-state index is 0.125. The average Bonchev–Trinajstić information content (AvgIpc) is 2.42. The second-order valence-electron chi connectivity index (χ2n) is 2.92. The summed E-state index contributed by atoms with van der Waals surface area (Å²) in [5.74, 6) is 0. The van der Waals surface area contributed by atoms with Gasteiger partial charge in [-0.25, -0.2) is 0 Å². The molecule has 0 aromatic heterocycles. The predicted octanol–water partition coefficient (Wildman–Crippen LogP) is 0.705. The molecule has 0 amide bonds. The van der Waals surface area contributed by atoms with Crippen molar-refractivity contribution in [2.24, 2.45) is 0 Å². The molecular formula is C11H29O6Si. The molecular weight excluding hydrogens is 256 g/mol. The first kappa shape index (κ1) is 23.1. The van der Waals surface area contributed by atoms with Crippen molar-refractivity contribution in [2.45, 2.75) is 26.7 Å². The Morgan fingerprint density at radius 1 is 0.778 bits per heavy atom. The lowest BCUT2D eigenvalue weighted by atomic mass is 10.5. The fourth-order valence-corrected chi connectivity index (χ4v) is 1.14. The Labute approximate surface area is 113 Å². The molecule has 113 valence electrons. The highest BCUT2D eigenvalue weighted by Crippen LogP contribution is 1.82. The lowest BCUT2D eigenvalue weighted by molar-refractivity contribution is 0.135. The van der Waals surface area contributed by atoms with Gasteiger partial charge in [0.2, 0.25) is 0 Å². The Hall–Kier alpha value is -0.0231. The van der Waals surface area contributed by atoms with E-state index in [1.165, 1.54) is 0 Å². The van der Waals surface area contributed by atoms with Gasteiger partial charge in [0.25, 0.3) is 0 Å². The van der Waals surface area contributed by atoms with Crippen molar-refractivity contribution in [1.82, 2.24) is 0 Å². The van der Waals surface area contributed by atoms with Crippen LogP contribution < -0.4 is 0 Å². The Kier molecular flexibility index (Phi) is 33.0. The van der Waals surface area contributed by atoms with Gasteiger partial charge in [0.1, 0.15) is 0 Å². The van der Waals surface area contributed by atoms with Crippen molar-refractivity contribution in [2.75, 3.05) is 47.8 Å². The third-order valence-electron chi connectivity index (χ3n) is 1.30. The smallest absolute Gasteiger partial charge is 0.394 e. The lowest BCUT2D eigenvalue weighted by Gasteiger charge is -2.02. The third kappa shape index (κ3) is 29.7. The van der Waals surface area contributed by atoms with Crippen LogP contribution in [0.4, 0.5) is 0 Å². The quantitative estimate of drug-likeness (QED) is 0.505. The van der Waals surface area contributed by atoms with Crippen LogP contribution in [0, 0.1) is 0 Å². The molecule has 0 aromatic rings. The molecule has 1 radical (unpaired) electrons. The molecule has 0 aliphatic carbocycles. The maximum absolute atomic E-state index is 7.62. The minimum atomic E-state index is -1.36. The van der Waals surface area contributed by atoms with Crippen LogP contribution in [0.15, 0.2) is 0 Å². The van der Waals surface area contributed by atoms with Gasteiger partial charge in [-0.1, -0.05) is 13.8 Å². The Bertz CT molecular complexity index is 102. The van der Waals surface area contributed by atoms with Crippen molar-refractivity contribution in [3.05, 3.63) is 0 Å². The highest BCUT2D eigenvalue weighted by molar-refractivity contribution is 6.36. The molecule has 0 aromatic carbocycles. The van der Waals surface area contributed by atoms with Crippen molar-refractivity contribution < 1.29 is 28.2 Å². The van der Waals surface area contributed by atoms with E-state index in [0.717, 1.165) is 26.1 Å². The van der Waals surface area contributed by atoms with Gasteiger partial charge in [-0.15, -0.1) is 0 Å². The molecule has 0 spiro atoms. The third-order valence-corrected chi connectivity index (χ3v) is 2.30. The predicted molar refractivity (Wildman–Crippen MR) is 72.4 cm³/mol. The van der Waals surface area contributed by atoms with Crippen LogP contribution in [0.3, 0.4) is 0 Å². The molecule has 0 rings (SSSR count). The lowest BCUT2D eigenvalue weighted by Crippen LogP contribution is -2.21. The van der Waals surface area contributed by atoms with E-state index >= 15 is 0 Å². The number of hydrogen-bond donors (Lipinski definition) is 2. The fraction of sp³-hybridized carbons (Fsp3) is 1.00. The summed E-state index contributed by atoms with van der Waals surface area (Å²) in [7, 11) is 3.31. The number of rotatable bonds is 8. The topological polar surface area (TPSA) is 77.4 Å². The molecule has 0 bridgehead atoms. The molecule has 7 heteroatoms. The molecule has 0 unspecified atom stereocenters. The van der Waals surface area contributed by atoms with E-state index in [1.807, 2.05) is 0 Å². The first-order valence-corrected chi connectivity index (χ1v) is 7.19. The van der Waals surface area contributed by atoms with Gasteiger partial charge in [-0.2, -0.15) is 0 Å². The van der Waals surface area contributed by atoms with Crippen molar-refractivity contribution in [3.8, 4) is 0 Å². The van der Waals surface area contributed by atoms with Crippen LogP contribution in [0.5, 0.6) is 0 Å². The second kappa shape index (κ2) is 25.7. The Morgan fingerprint density at radius 3 is 1.22 bits per heavy atom. The van der Waals surface area contributed by atoms with Gasteiger partial charge in [-0.3, -0.25) is 0 Å². The zero-order valence-corrected chi connectivity index (χ0v) is 13.3. The monoisotopic (exact) mass is 285 g/mol. The number of ether oxygens (including phenoxy) is 1. The van der Waals surface area contributed by atoms with Gasteiger partial charge in [0, 0.05) is 34.5 Å².